The summed E-state index contributed by atoms with van der Waals surface area (Å²) >= 11 is 0. The van der Waals surface area contributed by atoms with E-state index in [0.717, 1.165) is 13.1 Å². The lowest BCUT2D eigenvalue weighted by Crippen LogP contribution is -2.43. The predicted molar refractivity (Wildman–Crippen MR) is 54.5 cm³/mol. The van der Waals surface area contributed by atoms with Gasteiger partial charge in [-0.2, -0.15) is 8.42 Å². The summed E-state index contributed by atoms with van der Waals surface area (Å²) < 4.78 is 40.2. The fourth-order valence-electron chi connectivity index (χ4n) is 1.50. The molecule has 0 radical (unpaired) electrons. The normalized spacial score (nSPS) is 21.5. The van der Waals surface area contributed by atoms with Crippen LogP contribution in [0.15, 0.2) is 0 Å². The van der Waals surface area contributed by atoms with Gasteiger partial charge in [-0.05, 0) is 0 Å². The van der Waals surface area contributed by atoms with E-state index in [0.29, 0.717) is 19.8 Å². The molecular formula is C8H17NO5S. The highest BCUT2D eigenvalue weighted by Gasteiger charge is 2.20. The molecule has 1 rings (SSSR count). The van der Waals surface area contributed by atoms with Crippen LogP contribution in [0.25, 0.3) is 0 Å². The van der Waals surface area contributed by atoms with Gasteiger partial charge in [-0.25, -0.2) is 0 Å². The second-order valence-corrected chi connectivity index (χ2v) is 5.02. The first-order chi connectivity index (χ1) is 7.01. The van der Waals surface area contributed by atoms with Gasteiger partial charge in [-0.3, -0.25) is 9.45 Å². The molecule has 1 saturated heterocycles. The molecule has 6 nitrogen and oxygen atoms in total. The first kappa shape index (κ1) is 12.9. The molecule has 1 atom stereocenters. The summed E-state index contributed by atoms with van der Waals surface area (Å²) in [6.45, 7) is 3.35. The Kier molecular flexibility index (Phi) is 4.94. The maximum Gasteiger partial charge on any atom is 0.267 e. The van der Waals surface area contributed by atoms with Crippen molar-refractivity contribution in [3.05, 3.63) is 0 Å². The topological polar surface area (TPSA) is 76.1 Å². The van der Waals surface area contributed by atoms with E-state index in [1.165, 1.54) is 7.11 Å². The Morgan fingerprint density at radius 3 is 2.53 bits per heavy atom. The molecule has 15 heavy (non-hydrogen) atoms. The van der Waals surface area contributed by atoms with E-state index in [-0.39, 0.29) is 5.75 Å². The number of rotatable bonds is 5. The predicted octanol–water partition coefficient (Wildman–Crippen LogP) is -0.779. The maximum absolute atomic E-state index is 10.7. The smallest absolute Gasteiger partial charge is 0.267 e. The summed E-state index contributed by atoms with van der Waals surface area (Å²) in [5.74, 6) is -0.360. The van der Waals surface area contributed by atoms with Crippen LogP contribution in [0.4, 0.5) is 0 Å². The van der Waals surface area contributed by atoms with Crippen LogP contribution in [-0.2, 0) is 19.6 Å². The number of hydrogen-bond acceptors (Lipinski definition) is 5. The minimum Gasteiger partial charge on any atom is -0.379 e. The second-order valence-electron chi connectivity index (χ2n) is 3.52. The first-order valence-corrected chi connectivity index (χ1v) is 6.40. The first-order valence-electron chi connectivity index (χ1n) is 4.79. The van der Waals surface area contributed by atoms with Gasteiger partial charge in [-0.15, -0.1) is 0 Å². The lowest BCUT2D eigenvalue weighted by Gasteiger charge is -2.29. The van der Waals surface area contributed by atoms with Gasteiger partial charge in [0.05, 0.1) is 19.3 Å². The van der Waals surface area contributed by atoms with E-state index in [2.05, 4.69) is 4.90 Å². The van der Waals surface area contributed by atoms with Crippen LogP contribution in [0.1, 0.15) is 0 Å². The van der Waals surface area contributed by atoms with Crippen molar-refractivity contribution in [3.8, 4) is 0 Å². The molecule has 1 unspecified atom stereocenters. The molecular weight excluding hydrogens is 222 g/mol. The number of ether oxygens (including phenoxy) is 2. The molecule has 90 valence electrons. The molecule has 0 aliphatic carbocycles. The Morgan fingerprint density at radius 1 is 1.47 bits per heavy atom. The van der Waals surface area contributed by atoms with E-state index in [4.69, 9.17) is 14.0 Å². The van der Waals surface area contributed by atoms with Crippen LogP contribution in [-0.4, -0.2) is 69.7 Å². The zero-order valence-corrected chi connectivity index (χ0v) is 9.57. The van der Waals surface area contributed by atoms with E-state index in [1.807, 2.05) is 0 Å². The van der Waals surface area contributed by atoms with Gasteiger partial charge in [0.15, 0.2) is 0 Å². The lowest BCUT2D eigenvalue weighted by atomic mass is 10.3. The Hall–Kier alpha value is -0.210. The zero-order valence-electron chi connectivity index (χ0n) is 8.76. The Morgan fingerprint density at radius 2 is 2.07 bits per heavy atom. The number of morpholine rings is 1. The molecule has 0 aromatic heterocycles. The van der Waals surface area contributed by atoms with E-state index >= 15 is 0 Å². The average molecular weight is 239 g/mol. The Bertz CT molecular complexity index is 273. The SMILES string of the molecule is COC(CN1CCOCC1)CS(=O)(=O)O. The van der Waals surface area contributed by atoms with Crippen molar-refractivity contribution in [2.24, 2.45) is 0 Å². The molecule has 1 aliphatic heterocycles. The largest absolute Gasteiger partial charge is 0.379 e. The highest BCUT2D eigenvalue weighted by Crippen LogP contribution is 2.03. The minimum atomic E-state index is -3.97. The molecule has 0 amide bonds. The molecule has 0 saturated carbocycles. The summed E-state index contributed by atoms with van der Waals surface area (Å²) in [7, 11) is -2.53. The van der Waals surface area contributed by atoms with Crippen LogP contribution in [0.3, 0.4) is 0 Å². The quantitative estimate of drug-likeness (QED) is 0.634. The van der Waals surface area contributed by atoms with E-state index in [1.54, 1.807) is 0 Å². The summed E-state index contributed by atoms with van der Waals surface area (Å²) in [6, 6.07) is 0. The third-order valence-corrected chi connectivity index (χ3v) is 3.09. The van der Waals surface area contributed by atoms with Gasteiger partial charge in [0.25, 0.3) is 10.1 Å². The molecule has 0 aromatic rings. The number of hydrogen-bond donors (Lipinski definition) is 1. The van der Waals surface area contributed by atoms with Crippen molar-refractivity contribution in [2.45, 2.75) is 6.10 Å². The molecule has 1 aliphatic rings. The van der Waals surface area contributed by atoms with Crippen molar-refractivity contribution in [3.63, 3.8) is 0 Å². The summed E-state index contributed by atoms with van der Waals surface area (Å²) in [4.78, 5) is 2.06. The summed E-state index contributed by atoms with van der Waals surface area (Å²) in [6.07, 6.45) is -0.488. The number of nitrogens with zero attached hydrogens (tertiary/aromatic N) is 1. The molecule has 0 spiro atoms. The molecule has 1 fully saturated rings. The third-order valence-electron chi connectivity index (χ3n) is 2.30. The van der Waals surface area contributed by atoms with Crippen molar-refractivity contribution >= 4 is 10.1 Å². The van der Waals surface area contributed by atoms with Crippen LogP contribution in [0.2, 0.25) is 0 Å². The highest BCUT2D eigenvalue weighted by molar-refractivity contribution is 7.85. The average Bonchev–Trinajstić information content (AvgIpc) is 2.16. The molecule has 1 heterocycles. The molecule has 0 bridgehead atoms. The van der Waals surface area contributed by atoms with Crippen molar-refractivity contribution in [1.82, 2.24) is 4.90 Å². The zero-order chi connectivity index (χ0) is 11.3. The minimum absolute atomic E-state index is 0.360. The van der Waals surface area contributed by atoms with Crippen molar-refractivity contribution < 1.29 is 22.4 Å². The summed E-state index contributed by atoms with van der Waals surface area (Å²) in [5.41, 5.74) is 0. The van der Waals surface area contributed by atoms with Crippen LogP contribution in [0.5, 0.6) is 0 Å². The van der Waals surface area contributed by atoms with Crippen molar-refractivity contribution in [1.29, 1.82) is 0 Å². The number of methoxy groups -OCH3 is 1. The third kappa shape index (κ3) is 5.43. The van der Waals surface area contributed by atoms with E-state index < -0.39 is 16.2 Å². The monoisotopic (exact) mass is 239 g/mol. The van der Waals surface area contributed by atoms with Gasteiger partial charge in [-0.1, -0.05) is 0 Å². The Labute approximate surface area is 89.9 Å². The lowest BCUT2D eigenvalue weighted by molar-refractivity contribution is 0.00828. The Balaban J connectivity index is 2.38. The van der Waals surface area contributed by atoms with Crippen molar-refractivity contribution in [2.75, 3.05) is 45.7 Å². The second kappa shape index (κ2) is 5.76. The van der Waals surface area contributed by atoms with Crippen LogP contribution < -0.4 is 0 Å². The summed E-state index contributed by atoms with van der Waals surface area (Å²) in [5, 5.41) is 0. The molecule has 1 N–H and O–H groups in total. The van der Waals surface area contributed by atoms with Gasteiger partial charge >= 0.3 is 0 Å². The van der Waals surface area contributed by atoms with Crippen LogP contribution in [0, 0.1) is 0 Å². The van der Waals surface area contributed by atoms with Gasteiger partial charge in [0.2, 0.25) is 0 Å². The van der Waals surface area contributed by atoms with Crippen LogP contribution >= 0.6 is 0 Å². The highest BCUT2D eigenvalue weighted by atomic mass is 32.2. The fourth-order valence-corrected chi connectivity index (χ4v) is 2.21. The fraction of sp³-hybridized carbons (Fsp3) is 1.00. The van der Waals surface area contributed by atoms with Gasteiger partial charge in [0, 0.05) is 26.7 Å². The van der Waals surface area contributed by atoms with Gasteiger partial charge in [0.1, 0.15) is 5.75 Å². The van der Waals surface area contributed by atoms with E-state index in [9.17, 15) is 8.42 Å². The molecule has 7 heteroatoms. The standard InChI is InChI=1S/C8H17NO5S/c1-13-8(7-15(10,11)12)6-9-2-4-14-5-3-9/h8H,2-7H2,1H3,(H,10,11,12). The van der Waals surface area contributed by atoms with Gasteiger partial charge < -0.3 is 9.47 Å². The maximum atomic E-state index is 10.7. The molecule has 0 aromatic carbocycles.